The molecule has 0 aliphatic heterocycles. The second-order valence-corrected chi connectivity index (χ2v) is 4.90. The number of hydrogen-bond donors (Lipinski definition) is 2. The standard InChI is InChI=1S/C12H17N3O/c16-12(11-9-2-1-3-10(9)11)14-5-4-8-6-13-7-15-8/h6-7,9-11H,1-5H2,(H,13,15)(H,14,16). The molecule has 2 N–H and O–H groups in total. The first-order valence-corrected chi connectivity index (χ1v) is 6.11. The number of carbonyl (C=O) groups excluding carboxylic acids is 1. The zero-order valence-electron chi connectivity index (χ0n) is 9.28. The summed E-state index contributed by atoms with van der Waals surface area (Å²) in [5.41, 5.74) is 1.08. The smallest absolute Gasteiger partial charge is 0.223 e. The summed E-state index contributed by atoms with van der Waals surface area (Å²) in [5, 5.41) is 3.02. The van der Waals surface area contributed by atoms with Crippen LogP contribution in [-0.4, -0.2) is 22.4 Å². The van der Waals surface area contributed by atoms with Gasteiger partial charge in [0.1, 0.15) is 0 Å². The van der Waals surface area contributed by atoms with E-state index in [4.69, 9.17) is 0 Å². The summed E-state index contributed by atoms with van der Waals surface area (Å²) < 4.78 is 0. The van der Waals surface area contributed by atoms with Gasteiger partial charge in [0.05, 0.1) is 6.33 Å². The highest BCUT2D eigenvalue weighted by Gasteiger charge is 2.56. The van der Waals surface area contributed by atoms with Crippen molar-refractivity contribution < 1.29 is 4.79 Å². The predicted octanol–water partition coefficient (Wildman–Crippen LogP) is 1.11. The summed E-state index contributed by atoms with van der Waals surface area (Å²) in [6, 6.07) is 0. The molecule has 0 aromatic carbocycles. The van der Waals surface area contributed by atoms with Crippen LogP contribution < -0.4 is 5.32 Å². The molecule has 1 aromatic rings. The van der Waals surface area contributed by atoms with Crippen LogP contribution in [0.4, 0.5) is 0 Å². The minimum Gasteiger partial charge on any atom is -0.355 e. The van der Waals surface area contributed by atoms with E-state index in [0.717, 1.165) is 18.7 Å². The van der Waals surface area contributed by atoms with Crippen LogP contribution in [0.3, 0.4) is 0 Å². The van der Waals surface area contributed by atoms with Crippen LogP contribution in [0.2, 0.25) is 0 Å². The molecule has 0 bridgehead atoms. The summed E-state index contributed by atoms with van der Waals surface area (Å²) in [5.74, 6) is 2.05. The molecular weight excluding hydrogens is 202 g/mol. The van der Waals surface area contributed by atoms with E-state index in [1.165, 1.54) is 19.3 Å². The van der Waals surface area contributed by atoms with Crippen molar-refractivity contribution in [2.45, 2.75) is 25.7 Å². The average molecular weight is 219 g/mol. The lowest BCUT2D eigenvalue weighted by Gasteiger charge is -2.05. The van der Waals surface area contributed by atoms with E-state index in [1.807, 2.05) is 0 Å². The van der Waals surface area contributed by atoms with Gasteiger partial charge in [-0.3, -0.25) is 4.79 Å². The molecule has 4 nitrogen and oxygen atoms in total. The Labute approximate surface area is 94.8 Å². The predicted molar refractivity (Wildman–Crippen MR) is 59.6 cm³/mol. The summed E-state index contributed by atoms with van der Waals surface area (Å²) in [6.45, 7) is 0.719. The Bertz CT molecular complexity index is 364. The second kappa shape index (κ2) is 3.92. The molecule has 2 aliphatic rings. The van der Waals surface area contributed by atoms with Crippen molar-refractivity contribution in [2.75, 3.05) is 6.54 Å². The van der Waals surface area contributed by atoms with Crippen LogP contribution in [0, 0.1) is 17.8 Å². The van der Waals surface area contributed by atoms with E-state index in [1.54, 1.807) is 12.5 Å². The van der Waals surface area contributed by atoms with Crippen molar-refractivity contribution in [3.05, 3.63) is 18.2 Å². The lowest BCUT2D eigenvalue weighted by atomic mass is 10.1. The van der Waals surface area contributed by atoms with Crippen molar-refractivity contribution >= 4 is 5.91 Å². The number of rotatable bonds is 4. The van der Waals surface area contributed by atoms with Gasteiger partial charge < -0.3 is 10.3 Å². The second-order valence-electron chi connectivity index (χ2n) is 4.90. The fourth-order valence-electron chi connectivity index (χ4n) is 3.07. The molecule has 2 atom stereocenters. The Morgan fingerprint density at radius 3 is 3.00 bits per heavy atom. The summed E-state index contributed by atoms with van der Waals surface area (Å²) >= 11 is 0. The molecule has 2 unspecified atom stereocenters. The van der Waals surface area contributed by atoms with Gasteiger partial charge in [-0.25, -0.2) is 4.98 Å². The molecule has 3 rings (SSSR count). The van der Waals surface area contributed by atoms with Gasteiger partial charge in [-0.1, -0.05) is 6.42 Å². The van der Waals surface area contributed by atoms with Crippen molar-refractivity contribution in [3.63, 3.8) is 0 Å². The Morgan fingerprint density at radius 1 is 1.50 bits per heavy atom. The first-order valence-electron chi connectivity index (χ1n) is 6.11. The number of imidazole rings is 1. The number of carbonyl (C=O) groups is 1. The van der Waals surface area contributed by atoms with Crippen molar-refractivity contribution in [1.82, 2.24) is 15.3 Å². The molecule has 1 aromatic heterocycles. The van der Waals surface area contributed by atoms with E-state index >= 15 is 0 Å². The number of H-pyrrole nitrogens is 1. The van der Waals surface area contributed by atoms with Gasteiger partial charge in [0.15, 0.2) is 0 Å². The number of nitrogens with one attached hydrogen (secondary N) is 2. The number of hydrogen-bond acceptors (Lipinski definition) is 2. The van der Waals surface area contributed by atoms with Gasteiger partial charge in [0.25, 0.3) is 0 Å². The molecule has 2 fully saturated rings. The SMILES string of the molecule is O=C(NCCc1cnc[nH]1)C1C2CCCC21. The molecule has 0 spiro atoms. The lowest BCUT2D eigenvalue weighted by Crippen LogP contribution is -2.28. The summed E-state index contributed by atoms with van der Waals surface area (Å²) in [7, 11) is 0. The van der Waals surface area contributed by atoms with Gasteiger partial charge in [0, 0.05) is 30.8 Å². The number of fused-ring (bicyclic) bond motifs is 1. The maximum absolute atomic E-state index is 11.8. The Morgan fingerprint density at radius 2 is 2.31 bits per heavy atom. The first-order chi connectivity index (χ1) is 7.86. The van der Waals surface area contributed by atoms with Crippen LogP contribution in [0.1, 0.15) is 25.0 Å². The minimum absolute atomic E-state index is 0.272. The van der Waals surface area contributed by atoms with E-state index in [0.29, 0.717) is 17.8 Å². The topological polar surface area (TPSA) is 57.8 Å². The van der Waals surface area contributed by atoms with Crippen molar-refractivity contribution in [3.8, 4) is 0 Å². The van der Waals surface area contributed by atoms with Crippen molar-refractivity contribution in [1.29, 1.82) is 0 Å². The van der Waals surface area contributed by atoms with Crippen LogP contribution in [0.5, 0.6) is 0 Å². The molecule has 1 amide bonds. The fourth-order valence-corrected chi connectivity index (χ4v) is 3.07. The van der Waals surface area contributed by atoms with E-state index in [2.05, 4.69) is 15.3 Å². The van der Waals surface area contributed by atoms with Gasteiger partial charge in [-0.05, 0) is 24.7 Å². The molecule has 0 radical (unpaired) electrons. The minimum atomic E-state index is 0.272. The Kier molecular flexibility index (Phi) is 2.42. The van der Waals surface area contributed by atoms with Gasteiger partial charge >= 0.3 is 0 Å². The third-order valence-electron chi connectivity index (χ3n) is 3.96. The number of nitrogens with zero attached hydrogens (tertiary/aromatic N) is 1. The maximum Gasteiger partial charge on any atom is 0.223 e. The third-order valence-corrected chi connectivity index (χ3v) is 3.96. The van der Waals surface area contributed by atoms with Crippen LogP contribution in [0.25, 0.3) is 0 Å². The van der Waals surface area contributed by atoms with E-state index < -0.39 is 0 Å². The zero-order valence-corrected chi connectivity index (χ0v) is 9.28. The highest BCUT2D eigenvalue weighted by Crippen LogP contribution is 2.57. The molecule has 2 aliphatic carbocycles. The summed E-state index contributed by atoms with van der Waals surface area (Å²) in [4.78, 5) is 18.8. The number of amides is 1. The van der Waals surface area contributed by atoms with Crippen LogP contribution in [-0.2, 0) is 11.2 Å². The average Bonchev–Trinajstić information content (AvgIpc) is 2.76. The van der Waals surface area contributed by atoms with E-state index in [9.17, 15) is 4.79 Å². The molecule has 16 heavy (non-hydrogen) atoms. The third kappa shape index (κ3) is 1.72. The zero-order chi connectivity index (χ0) is 11.0. The molecular formula is C12H17N3O. The largest absolute Gasteiger partial charge is 0.355 e. The highest BCUT2D eigenvalue weighted by atomic mass is 16.2. The van der Waals surface area contributed by atoms with Crippen LogP contribution >= 0.6 is 0 Å². The number of aromatic nitrogens is 2. The fraction of sp³-hybridized carbons (Fsp3) is 0.667. The van der Waals surface area contributed by atoms with Crippen molar-refractivity contribution in [2.24, 2.45) is 17.8 Å². The van der Waals surface area contributed by atoms with E-state index in [-0.39, 0.29) is 5.91 Å². The maximum atomic E-state index is 11.8. The number of aromatic amines is 1. The highest BCUT2D eigenvalue weighted by molar-refractivity contribution is 5.82. The lowest BCUT2D eigenvalue weighted by molar-refractivity contribution is -0.123. The normalized spacial score (nSPS) is 31.1. The first kappa shape index (κ1) is 9.87. The summed E-state index contributed by atoms with van der Waals surface area (Å²) in [6.07, 6.45) is 8.17. The molecule has 86 valence electrons. The monoisotopic (exact) mass is 219 g/mol. The molecule has 1 heterocycles. The molecule has 4 heteroatoms. The molecule has 0 saturated heterocycles. The quantitative estimate of drug-likeness (QED) is 0.797. The van der Waals surface area contributed by atoms with Gasteiger partial charge in [-0.2, -0.15) is 0 Å². The van der Waals surface area contributed by atoms with Gasteiger partial charge in [-0.15, -0.1) is 0 Å². The Hall–Kier alpha value is -1.32. The molecule has 2 saturated carbocycles. The Balaban J connectivity index is 1.41. The van der Waals surface area contributed by atoms with Crippen LogP contribution in [0.15, 0.2) is 12.5 Å². The van der Waals surface area contributed by atoms with Gasteiger partial charge in [0.2, 0.25) is 5.91 Å².